The minimum Gasteiger partial charge on any atom is -0.341 e. The van der Waals surface area contributed by atoms with Gasteiger partial charge < -0.3 is 4.90 Å². The van der Waals surface area contributed by atoms with Crippen molar-refractivity contribution in [2.45, 2.75) is 38.6 Å². The van der Waals surface area contributed by atoms with Gasteiger partial charge >= 0.3 is 0 Å². The molecule has 3 unspecified atom stereocenters. The number of hydrogen-bond donors (Lipinski definition) is 0. The molecule has 2 nitrogen and oxygen atoms in total. The fourth-order valence-electron chi connectivity index (χ4n) is 3.73. The normalized spacial score (nSPS) is 29.7. The van der Waals surface area contributed by atoms with Gasteiger partial charge in [-0.3, -0.25) is 4.79 Å². The first-order chi connectivity index (χ1) is 8.72. The van der Waals surface area contributed by atoms with E-state index in [0.717, 1.165) is 24.8 Å². The Bertz CT molecular complexity index is 414. The molecule has 0 aliphatic heterocycles. The van der Waals surface area contributed by atoms with E-state index in [9.17, 15) is 4.79 Å². The Hall–Kier alpha value is -0.830. The van der Waals surface area contributed by atoms with Crippen molar-refractivity contribution in [3.8, 4) is 0 Å². The van der Waals surface area contributed by atoms with E-state index in [2.05, 4.69) is 11.4 Å². The predicted molar refractivity (Wildman–Crippen MR) is 74.3 cm³/mol. The third kappa shape index (κ3) is 2.46. The number of amides is 1. The summed E-state index contributed by atoms with van der Waals surface area (Å²) < 4.78 is 0. The van der Waals surface area contributed by atoms with Gasteiger partial charge in [0.2, 0.25) is 5.91 Å². The highest BCUT2D eigenvalue weighted by molar-refractivity contribution is 7.09. The van der Waals surface area contributed by atoms with Crippen LogP contribution < -0.4 is 0 Å². The Kier molecular flexibility index (Phi) is 3.42. The van der Waals surface area contributed by atoms with Gasteiger partial charge in [-0.2, -0.15) is 0 Å². The lowest BCUT2D eigenvalue weighted by atomic mass is 9.86. The van der Waals surface area contributed by atoms with Gasteiger partial charge in [-0.05, 0) is 48.5 Å². The molecule has 0 aromatic carbocycles. The fraction of sp³-hybridized carbons (Fsp3) is 0.667. The van der Waals surface area contributed by atoms with Crippen molar-refractivity contribution in [2.24, 2.45) is 17.8 Å². The zero-order valence-corrected chi connectivity index (χ0v) is 11.8. The van der Waals surface area contributed by atoms with E-state index < -0.39 is 0 Å². The maximum absolute atomic E-state index is 12.2. The highest BCUT2D eigenvalue weighted by atomic mass is 32.1. The molecule has 2 aliphatic carbocycles. The van der Waals surface area contributed by atoms with E-state index in [1.807, 2.05) is 18.0 Å². The van der Waals surface area contributed by atoms with E-state index in [0.29, 0.717) is 11.8 Å². The molecule has 2 bridgehead atoms. The maximum atomic E-state index is 12.2. The van der Waals surface area contributed by atoms with E-state index in [1.54, 1.807) is 11.3 Å². The van der Waals surface area contributed by atoms with Gasteiger partial charge in [0, 0.05) is 18.3 Å². The van der Waals surface area contributed by atoms with Gasteiger partial charge in [0.1, 0.15) is 0 Å². The van der Waals surface area contributed by atoms with Crippen molar-refractivity contribution in [1.82, 2.24) is 4.90 Å². The van der Waals surface area contributed by atoms with Crippen molar-refractivity contribution in [3.05, 3.63) is 22.4 Å². The average molecular weight is 263 g/mol. The molecule has 1 aromatic rings. The Labute approximate surface area is 113 Å². The first kappa shape index (κ1) is 12.2. The molecule has 3 heteroatoms. The highest BCUT2D eigenvalue weighted by Gasteiger charge is 2.40. The Balaban J connectivity index is 1.52. The predicted octanol–water partition coefficient (Wildman–Crippen LogP) is 3.53. The molecule has 0 spiro atoms. The van der Waals surface area contributed by atoms with Crippen molar-refractivity contribution in [3.63, 3.8) is 0 Å². The summed E-state index contributed by atoms with van der Waals surface area (Å²) in [6.07, 6.45) is 6.27. The zero-order valence-electron chi connectivity index (χ0n) is 11.0. The van der Waals surface area contributed by atoms with Gasteiger partial charge in [0.15, 0.2) is 0 Å². The van der Waals surface area contributed by atoms with Crippen LogP contribution in [0, 0.1) is 17.8 Å². The second-order valence-electron chi connectivity index (χ2n) is 5.97. The van der Waals surface area contributed by atoms with Crippen LogP contribution in [0.1, 0.15) is 37.0 Å². The molecule has 1 aromatic heterocycles. The highest BCUT2D eigenvalue weighted by Crippen LogP contribution is 2.49. The quantitative estimate of drug-likeness (QED) is 0.813. The molecule has 2 fully saturated rings. The standard InChI is InChI=1S/C15H21NOS/c1-16(10-14-3-2-6-18-14)15(17)9-13-8-11-4-5-12(13)7-11/h2-3,6,11-13H,4-5,7-10H2,1H3. The van der Waals surface area contributed by atoms with Crippen LogP contribution in [0.4, 0.5) is 0 Å². The number of carbonyl (C=O) groups is 1. The molecule has 2 aliphatic rings. The van der Waals surface area contributed by atoms with Crippen LogP contribution in [0.25, 0.3) is 0 Å². The van der Waals surface area contributed by atoms with Crippen LogP contribution in [0.5, 0.6) is 0 Å². The molecule has 98 valence electrons. The third-order valence-corrected chi connectivity index (χ3v) is 5.58. The minimum absolute atomic E-state index is 0.334. The number of nitrogens with zero attached hydrogens (tertiary/aromatic N) is 1. The topological polar surface area (TPSA) is 20.3 Å². The Morgan fingerprint density at radius 2 is 2.33 bits per heavy atom. The van der Waals surface area contributed by atoms with Gasteiger partial charge in [-0.25, -0.2) is 0 Å². The first-order valence-corrected chi connectivity index (χ1v) is 7.86. The largest absolute Gasteiger partial charge is 0.341 e. The summed E-state index contributed by atoms with van der Waals surface area (Å²) in [7, 11) is 1.94. The molecule has 0 saturated heterocycles. The summed E-state index contributed by atoms with van der Waals surface area (Å²) in [6, 6.07) is 4.15. The van der Waals surface area contributed by atoms with Gasteiger partial charge in [-0.1, -0.05) is 12.5 Å². The van der Waals surface area contributed by atoms with Crippen LogP contribution >= 0.6 is 11.3 Å². The second kappa shape index (κ2) is 5.04. The first-order valence-electron chi connectivity index (χ1n) is 6.98. The van der Waals surface area contributed by atoms with Crippen LogP contribution in [0.15, 0.2) is 17.5 Å². The minimum atomic E-state index is 0.334. The summed E-state index contributed by atoms with van der Waals surface area (Å²) >= 11 is 1.73. The molecule has 0 N–H and O–H groups in total. The lowest BCUT2D eigenvalue weighted by Crippen LogP contribution is -2.29. The van der Waals surface area contributed by atoms with Crippen molar-refractivity contribution in [1.29, 1.82) is 0 Å². The Morgan fingerprint density at radius 3 is 2.94 bits per heavy atom. The second-order valence-corrected chi connectivity index (χ2v) is 7.00. The van der Waals surface area contributed by atoms with Crippen LogP contribution in [0.3, 0.4) is 0 Å². The SMILES string of the molecule is CN(Cc1cccs1)C(=O)CC1CC2CCC1C2. The van der Waals surface area contributed by atoms with E-state index in [-0.39, 0.29) is 0 Å². The van der Waals surface area contributed by atoms with Gasteiger partial charge in [0.05, 0.1) is 6.54 Å². The summed E-state index contributed by atoms with van der Waals surface area (Å²) in [5.41, 5.74) is 0. The lowest BCUT2D eigenvalue weighted by molar-refractivity contribution is -0.131. The molecular formula is C15H21NOS. The van der Waals surface area contributed by atoms with Crippen LogP contribution in [0.2, 0.25) is 0 Å². The summed E-state index contributed by atoms with van der Waals surface area (Å²) in [6.45, 7) is 0.775. The molecule has 1 amide bonds. The van der Waals surface area contributed by atoms with Crippen molar-refractivity contribution >= 4 is 17.2 Å². The smallest absolute Gasteiger partial charge is 0.222 e. The summed E-state index contributed by atoms with van der Waals surface area (Å²) in [5, 5.41) is 2.07. The molecule has 18 heavy (non-hydrogen) atoms. The van der Waals surface area contributed by atoms with E-state index >= 15 is 0 Å². The van der Waals surface area contributed by atoms with E-state index in [4.69, 9.17) is 0 Å². The summed E-state index contributed by atoms with van der Waals surface area (Å²) in [4.78, 5) is 15.4. The summed E-state index contributed by atoms with van der Waals surface area (Å²) in [5.74, 6) is 2.81. The van der Waals surface area contributed by atoms with Crippen LogP contribution in [-0.2, 0) is 11.3 Å². The van der Waals surface area contributed by atoms with Gasteiger partial charge in [-0.15, -0.1) is 11.3 Å². The number of rotatable bonds is 4. The van der Waals surface area contributed by atoms with Crippen LogP contribution in [-0.4, -0.2) is 17.9 Å². The monoisotopic (exact) mass is 263 g/mol. The molecule has 2 saturated carbocycles. The molecule has 3 atom stereocenters. The molecule has 0 radical (unpaired) electrons. The molecule has 3 rings (SSSR count). The number of fused-ring (bicyclic) bond motifs is 2. The zero-order chi connectivity index (χ0) is 12.5. The Morgan fingerprint density at radius 1 is 1.44 bits per heavy atom. The molecular weight excluding hydrogens is 242 g/mol. The van der Waals surface area contributed by atoms with Gasteiger partial charge in [0.25, 0.3) is 0 Å². The lowest BCUT2D eigenvalue weighted by Gasteiger charge is -2.24. The number of hydrogen-bond acceptors (Lipinski definition) is 2. The third-order valence-electron chi connectivity index (χ3n) is 4.72. The van der Waals surface area contributed by atoms with Crippen molar-refractivity contribution < 1.29 is 4.79 Å². The van der Waals surface area contributed by atoms with Crippen molar-refractivity contribution in [2.75, 3.05) is 7.05 Å². The average Bonchev–Trinajstić information content (AvgIpc) is 3.04. The fourth-order valence-corrected chi connectivity index (χ4v) is 4.49. The number of carbonyl (C=O) groups excluding carboxylic acids is 1. The maximum Gasteiger partial charge on any atom is 0.222 e. The number of thiophene rings is 1. The van der Waals surface area contributed by atoms with E-state index in [1.165, 1.54) is 30.6 Å². The molecule has 1 heterocycles.